The molecule has 6 heteroatoms. The molecule has 0 spiro atoms. The lowest BCUT2D eigenvalue weighted by atomic mass is 10.1. The van der Waals surface area contributed by atoms with E-state index < -0.39 is 11.7 Å². The van der Waals surface area contributed by atoms with Crippen LogP contribution in [0, 0.1) is 5.92 Å². The number of ether oxygens (including phenoxy) is 2. The molecule has 1 aliphatic heterocycles. The molecule has 1 atom stereocenters. The van der Waals surface area contributed by atoms with E-state index in [0.717, 1.165) is 12.2 Å². The van der Waals surface area contributed by atoms with Crippen molar-refractivity contribution in [1.82, 2.24) is 10.2 Å². The fourth-order valence-electron chi connectivity index (χ4n) is 2.77. The van der Waals surface area contributed by atoms with E-state index in [0.29, 0.717) is 31.8 Å². The Labute approximate surface area is 149 Å². The number of nitrogens with zero attached hydrogens (tertiary/aromatic N) is 1. The van der Waals surface area contributed by atoms with Gasteiger partial charge in [-0.05, 0) is 64.3 Å². The number of alkyl carbamates (subject to hydrolysis) is 1. The predicted octanol–water partition coefficient (Wildman–Crippen LogP) is 3.07. The molecule has 0 bridgehead atoms. The van der Waals surface area contributed by atoms with E-state index in [2.05, 4.69) is 5.32 Å². The van der Waals surface area contributed by atoms with Crippen LogP contribution in [0.3, 0.4) is 0 Å². The number of carbonyl (C=O) groups excluding carboxylic acids is 2. The summed E-state index contributed by atoms with van der Waals surface area (Å²) in [6.45, 7) is 9.88. The van der Waals surface area contributed by atoms with E-state index in [-0.39, 0.29) is 11.8 Å². The Morgan fingerprint density at radius 1 is 1.24 bits per heavy atom. The zero-order valence-corrected chi connectivity index (χ0v) is 15.5. The largest absolute Gasteiger partial charge is 0.494 e. The molecule has 0 aliphatic carbocycles. The third-order valence-electron chi connectivity index (χ3n) is 3.92. The standard InChI is InChI=1S/C19H28N2O4/c1-5-24-16-8-6-15(7-9-16)17(22)21-11-10-14(13-21)12-20-18(23)25-19(2,3)4/h6-9,14H,5,10-13H2,1-4H3,(H,20,23)/t14-/m0/s1. The van der Waals surface area contributed by atoms with E-state index in [1.54, 1.807) is 12.1 Å². The Kier molecular flexibility index (Phi) is 6.28. The van der Waals surface area contributed by atoms with Crippen LogP contribution in [-0.2, 0) is 4.74 Å². The molecule has 1 aromatic carbocycles. The molecule has 25 heavy (non-hydrogen) atoms. The van der Waals surface area contributed by atoms with Gasteiger partial charge in [0.25, 0.3) is 5.91 Å². The Morgan fingerprint density at radius 2 is 1.92 bits per heavy atom. The van der Waals surface area contributed by atoms with Crippen LogP contribution in [0.5, 0.6) is 5.75 Å². The van der Waals surface area contributed by atoms with E-state index in [1.165, 1.54) is 0 Å². The van der Waals surface area contributed by atoms with Crippen molar-refractivity contribution in [2.75, 3.05) is 26.2 Å². The molecule has 1 aromatic rings. The predicted molar refractivity (Wildman–Crippen MR) is 95.9 cm³/mol. The van der Waals surface area contributed by atoms with Crippen molar-refractivity contribution in [3.05, 3.63) is 29.8 Å². The summed E-state index contributed by atoms with van der Waals surface area (Å²) in [6.07, 6.45) is 0.460. The first-order valence-electron chi connectivity index (χ1n) is 8.77. The normalized spacial score (nSPS) is 17.3. The van der Waals surface area contributed by atoms with Gasteiger partial charge in [-0.15, -0.1) is 0 Å². The van der Waals surface area contributed by atoms with E-state index in [1.807, 2.05) is 44.7 Å². The van der Waals surface area contributed by atoms with Crippen LogP contribution in [-0.4, -0.2) is 48.7 Å². The topological polar surface area (TPSA) is 67.9 Å². The van der Waals surface area contributed by atoms with Crippen molar-refractivity contribution in [3.8, 4) is 5.75 Å². The molecule has 6 nitrogen and oxygen atoms in total. The third-order valence-corrected chi connectivity index (χ3v) is 3.92. The first-order chi connectivity index (χ1) is 11.8. The van der Waals surface area contributed by atoms with Gasteiger partial charge in [-0.1, -0.05) is 0 Å². The second-order valence-corrected chi connectivity index (χ2v) is 7.25. The summed E-state index contributed by atoms with van der Waals surface area (Å²) < 4.78 is 10.6. The minimum absolute atomic E-state index is 0.0165. The Bertz CT molecular complexity index is 592. The fourth-order valence-corrected chi connectivity index (χ4v) is 2.77. The molecule has 0 radical (unpaired) electrons. The molecule has 1 N–H and O–H groups in total. The molecule has 2 amide bonds. The van der Waals surface area contributed by atoms with Crippen LogP contribution in [0.2, 0.25) is 0 Å². The van der Waals surface area contributed by atoms with Gasteiger partial charge in [0, 0.05) is 25.2 Å². The molecular weight excluding hydrogens is 320 g/mol. The summed E-state index contributed by atoms with van der Waals surface area (Å²) in [5.74, 6) is 1.03. The molecule has 1 aliphatic rings. The van der Waals surface area contributed by atoms with Gasteiger partial charge in [0.15, 0.2) is 0 Å². The van der Waals surface area contributed by atoms with E-state index in [4.69, 9.17) is 9.47 Å². The number of likely N-dealkylation sites (tertiary alicyclic amines) is 1. The minimum Gasteiger partial charge on any atom is -0.494 e. The van der Waals surface area contributed by atoms with Crippen LogP contribution in [0.4, 0.5) is 4.79 Å². The van der Waals surface area contributed by atoms with Gasteiger partial charge in [-0.25, -0.2) is 4.79 Å². The molecule has 0 saturated carbocycles. The van der Waals surface area contributed by atoms with Crippen molar-refractivity contribution in [2.45, 2.75) is 39.7 Å². The Morgan fingerprint density at radius 3 is 2.52 bits per heavy atom. The summed E-state index contributed by atoms with van der Waals surface area (Å²) >= 11 is 0. The summed E-state index contributed by atoms with van der Waals surface area (Å²) in [4.78, 5) is 26.1. The van der Waals surface area contributed by atoms with Gasteiger partial charge < -0.3 is 19.7 Å². The van der Waals surface area contributed by atoms with Crippen molar-refractivity contribution in [3.63, 3.8) is 0 Å². The van der Waals surface area contributed by atoms with Gasteiger partial charge in [-0.2, -0.15) is 0 Å². The molecule has 138 valence electrons. The fraction of sp³-hybridized carbons (Fsp3) is 0.579. The zero-order chi connectivity index (χ0) is 18.4. The number of rotatable bonds is 5. The summed E-state index contributed by atoms with van der Waals surface area (Å²) in [6, 6.07) is 7.21. The van der Waals surface area contributed by atoms with Crippen LogP contribution in [0.25, 0.3) is 0 Å². The highest BCUT2D eigenvalue weighted by atomic mass is 16.6. The van der Waals surface area contributed by atoms with Gasteiger partial charge >= 0.3 is 6.09 Å². The van der Waals surface area contributed by atoms with Gasteiger partial charge in [-0.3, -0.25) is 4.79 Å². The monoisotopic (exact) mass is 348 g/mol. The lowest BCUT2D eigenvalue weighted by Gasteiger charge is -2.21. The highest BCUT2D eigenvalue weighted by Crippen LogP contribution is 2.20. The minimum atomic E-state index is -0.505. The number of hydrogen-bond acceptors (Lipinski definition) is 4. The van der Waals surface area contributed by atoms with Gasteiger partial charge in [0.05, 0.1) is 6.61 Å². The van der Waals surface area contributed by atoms with Crippen molar-refractivity contribution in [2.24, 2.45) is 5.92 Å². The van der Waals surface area contributed by atoms with Crippen LogP contribution in [0.15, 0.2) is 24.3 Å². The number of benzene rings is 1. The number of carbonyl (C=O) groups is 2. The number of amides is 2. The van der Waals surface area contributed by atoms with Crippen molar-refractivity contribution >= 4 is 12.0 Å². The average molecular weight is 348 g/mol. The van der Waals surface area contributed by atoms with Gasteiger partial charge in [0.2, 0.25) is 0 Å². The zero-order valence-electron chi connectivity index (χ0n) is 15.5. The smallest absolute Gasteiger partial charge is 0.407 e. The van der Waals surface area contributed by atoms with Crippen molar-refractivity contribution in [1.29, 1.82) is 0 Å². The number of nitrogens with one attached hydrogen (secondary N) is 1. The molecule has 1 saturated heterocycles. The maximum absolute atomic E-state index is 12.6. The summed E-state index contributed by atoms with van der Waals surface area (Å²) in [5.41, 5.74) is 0.152. The Balaban J connectivity index is 1.81. The maximum Gasteiger partial charge on any atom is 0.407 e. The highest BCUT2D eigenvalue weighted by molar-refractivity contribution is 5.94. The third kappa shape index (κ3) is 5.96. The first-order valence-corrected chi connectivity index (χ1v) is 8.77. The molecular formula is C19H28N2O4. The van der Waals surface area contributed by atoms with Crippen molar-refractivity contribution < 1.29 is 19.1 Å². The van der Waals surface area contributed by atoms with E-state index in [9.17, 15) is 9.59 Å². The summed E-state index contributed by atoms with van der Waals surface area (Å²) in [7, 11) is 0. The quantitative estimate of drug-likeness (QED) is 0.888. The Hall–Kier alpha value is -2.24. The molecule has 1 fully saturated rings. The highest BCUT2D eigenvalue weighted by Gasteiger charge is 2.27. The molecule has 1 heterocycles. The average Bonchev–Trinajstić information content (AvgIpc) is 3.01. The lowest BCUT2D eigenvalue weighted by Crippen LogP contribution is -2.36. The number of hydrogen-bond donors (Lipinski definition) is 1. The van der Waals surface area contributed by atoms with Gasteiger partial charge in [0.1, 0.15) is 11.4 Å². The maximum atomic E-state index is 12.6. The summed E-state index contributed by atoms with van der Waals surface area (Å²) in [5, 5.41) is 2.79. The van der Waals surface area contributed by atoms with Crippen LogP contribution < -0.4 is 10.1 Å². The first kappa shape index (κ1) is 19.1. The SMILES string of the molecule is CCOc1ccc(C(=O)N2CC[C@@H](CNC(=O)OC(C)(C)C)C2)cc1. The van der Waals surface area contributed by atoms with Crippen LogP contribution in [0.1, 0.15) is 44.5 Å². The molecule has 0 unspecified atom stereocenters. The lowest BCUT2D eigenvalue weighted by molar-refractivity contribution is 0.0520. The van der Waals surface area contributed by atoms with Crippen LogP contribution >= 0.6 is 0 Å². The molecule has 2 rings (SSSR count). The van der Waals surface area contributed by atoms with E-state index >= 15 is 0 Å². The second-order valence-electron chi connectivity index (χ2n) is 7.25. The molecule has 0 aromatic heterocycles. The second kappa shape index (κ2) is 8.23.